The maximum absolute atomic E-state index is 11.5. The van der Waals surface area contributed by atoms with Crippen molar-refractivity contribution in [3.8, 4) is 0 Å². The molecule has 4 nitrogen and oxygen atoms in total. The van der Waals surface area contributed by atoms with E-state index in [4.69, 9.17) is 9.47 Å². The molecule has 0 fully saturated rings. The summed E-state index contributed by atoms with van der Waals surface area (Å²) in [5.41, 5.74) is 2.57. The van der Waals surface area contributed by atoms with Gasteiger partial charge in [-0.25, -0.2) is 0 Å². The van der Waals surface area contributed by atoms with Crippen molar-refractivity contribution in [2.24, 2.45) is 0 Å². The average Bonchev–Trinajstić information content (AvgIpc) is 2.77. The van der Waals surface area contributed by atoms with Gasteiger partial charge in [-0.2, -0.15) is 0 Å². The first-order chi connectivity index (χ1) is 9.17. The first kappa shape index (κ1) is 15.7. The molecular weight excluding hydrogens is 244 g/mol. The Kier molecular flexibility index (Phi) is 7.23. The van der Waals surface area contributed by atoms with E-state index in [2.05, 4.69) is 0 Å². The molecule has 108 valence electrons. The molecule has 0 atom stereocenters. The van der Waals surface area contributed by atoms with Gasteiger partial charge in [0.15, 0.2) is 0 Å². The number of ether oxygens (including phenoxy) is 2. The van der Waals surface area contributed by atoms with E-state index in [1.54, 1.807) is 0 Å². The van der Waals surface area contributed by atoms with Gasteiger partial charge in [0, 0.05) is 6.42 Å². The lowest BCUT2D eigenvalue weighted by atomic mass is 10.0. The molecule has 19 heavy (non-hydrogen) atoms. The quantitative estimate of drug-likeness (QED) is 0.501. The summed E-state index contributed by atoms with van der Waals surface area (Å²) in [5, 5.41) is 0. The zero-order valence-corrected chi connectivity index (χ0v) is 12.0. The fraction of sp³-hybridized carbons (Fsp3) is 0.733. The van der Waals surface area contributed by atoms with Crippen LogP contribution >= 0.6 is 0 Å². The Labute approximate surface area is 115 Å². The first-order valence-electron chi connectivity index (χ1n) is 7.18. The van der Waals surface area contributed by atoms with E-state index >= 15 is 0 Å². The lowest BCUT2D eigenvalue weighted by molar-refractivity contribution is -0.143. The number of hydrogen-bond donors (Lipinski definition) is 0. The van der Waals surface area contributed by atoms with E-state index in [1.807, 2.05) is 13.8 Å². The van der Waals surface area contributed by atoms with Crippen molar-refractivity contribution < 1.29 is 19.1 Å². The zero-order valence-electron chi connectivity index (χ0n) is 12.0. The van der Waals surface area contributed by atoms with E-state index in [9.17, 15) is 9.59 Å². The second-order valence-electron chi connectivity index (χ2n) is 4.70. The highest BCUT2D eigenvalue weighted by molar-refractivity contribution is 5.73. The summed E-state index contributed by atoms with van der Waals surface area (Å²) in [6, 6.07) is 0. The van der Waals surface area contributed by atoms with E-state index in [-0.39, 0.29) is 11.9 Å². The van der Waals surface area contributed by atoms with Crippen LogP contribution in [0.25, 0.3) is 0 Å². The van der Waals surface area contributed by atoms with Gasteiger partial charge in [0.1, 0.15) is 0 Å². The van der Waals surface area contributed by atoms with Gasteiger partial charge in [-0.3, -0.25) is 9.59 Å². The molecule has 0 aromatic carbocycles. The van der Waals surface area contributed by atoms with Crippen LogP contribution in [-0.2, 0) is 19.1 Å². The highest BCUT2D eigenvalue weighted by atomic mass is 16.5. The molecule has 1 aliphatic rings. The smallest absolute Gasteiger partial charge is 0.309 e. The van der Waals surface area contributed by atoms with Gasteiger partial charge in [-0.1, -0.05) is 11.1 Å². The fourth-order valence-electron chi connectivity index (χ4n) is 2.45. The third-order valence-corrected chi connectivity index (χ3v) is 3.28. The SMILES string of the molecule is CCOC(=O)CCCC1=C(CC(=O)OCC)CCC1. The molecule has 0 N–H and O–H groups in total. The van der Waals surface area contributed by atoms with Crippen LogP contribution in [0.3, 0.4) is 0 Å². The Bertz CT molecular complexity index is 344. The molecule has 0 aliphatic heterocycles. The van der Waals surface area contributed by atoms with Crippen LogP contribution in [0.15, 0.2) is 11.1 Å². The van der Waals surface area contributed by atoms with Crippen LogP contribution in [0.4, 0.5) is 0 Å². The maximum Gasteiger partial charge on any atom is 0.309 e. The van der Waals surface area contributed by atoms with Crippen molar-refractivity contribution >= 4 is 11.9 Å². The van der Waals surface area contributed by atoms with Crippen LogP contribution < -0.4 is 0 Å². The molecular formula is C15H24O4. The van der Waals surface area contributed by atoms with Crippen LogP contribution in [0.2, 0.25) is 0 Å². The summed E-state index contributed by atoms with van der Waals surface area (Å²) in [5.74, 6) is -0.268. The van der Waals surface area contributed by atoms with E-state index in [0.717, 1.165) is 32.1 Å². The summed E-state index contributed by atoms with van der Waals surface area (Å²) in [6.07, 6.45) is 5.75. The van der Waals surface area contributed by atoms with Gasteiger partial charge in [0.2, 0.25) is 0 Å². The highest BCUT2D eigenvalue weighted by Crippen LogP contribution is 2.31. The molecule has 0 amide bonds. The maximum atomic E-state index is 11.5. The zero-order chi connectivity index (χ0) is 14.1. The summed E-state index contributed by atoms with van der Waals surface area (Å²) in [4.78, 5) is 22.7. The van der Waals surface area contributed by atoms with Crippen molar-refractivity contribution in [1.29, 1.82) is 0 Å². The predicted molar refractivity (Wildman–Crippen MR) is 72.6 cm³/mol. The molecule has 0 heterocycles. The molecule has 0 saturated carbocycles. The predicted octanol–water partition coefficient (Wildman–Crippen LogP) is 3.15. The van der Waals surface area contributed by atoms with E-state index in [1.165, 1.54) is 11.1 Å². The summed E-state index contributed by atoms with van der Waals surface area (Å²) >= 11 is 0. The second-order valence-corrected chi connectivity index (χ2v) is 4.70. The first-order valence-corrected chi connectivity index (χ1v) is 7.18. The normalized spacial score (nSPS) is 14.6. The van der Waals surface area contributed by atoms with Gasteiger partial charge in [0.05, 0.1) is 19.6 Å². The second kappa shape index (κ2) is 8.73. The van der Waals surface area contributed by atoms with Gasteiger partial charge in [-0.15, -0.1) is 0 Å². The average molecular weight is 268 g/mol. The molecule has 1 aliphatic carbocycles. The van der Waals surface area contributed by atoms with Crippen LogP contribution in [0.1, 0.15) is 58.8 Å². The van der Waals surface area contributed by atoms with Crippen LogP contribution in [-0.4, -0.2) is 25.2 Å². The Morgan fingerprint density at radius 3 is 2.32 bits per heavy atom. The molecule has 1 rings (SSSR count). The topological polar surface area (TPSA) is 52.6 Å². The molecule has 0 spiro atoms. The Hall–Kier alpha value is -1.32. The minimum Gasteiger partial charge on any atom is -0.466 e. The van der Waals surface area contributed by atoms with Crippen molar-refractivity contribution in [3.05, 3.63) is 11.1 Å². The van der Waals surface area contributed by atoms with Crippen LogP contribution in [0.5, 0.6) is 0 Å². The summed E-state index contributed by atoms with van der Waals surface area (Å²) < 4.78 is 9.88. The molecule has 0 saturated heterocycles. The van der Waals surface area contributed by atoms with Crippen molar-refractivity contribution in [1.82, 2.24) is 0 Å². The standard InChI is InChI=1S/C15H24O4/c1-3-18-14(16)10-6-8-12-7-5-9-13(12)11-15(17)19-4-2/h3-11H2,1-2H3. The summed E-state index contributed by atoms with van der Waals surface area (Å²) in [6.45, 7) is 4.51. The molecule has 0 aromatic heterocycles. The van der Waals surface area contributed by atoms with Crippen molar-refractivity contribution in [2.75, 3.05) is 13.2 Å². The molecule has 0 bridgehead atoms. The number of carbonyl (C=O) groups excluding carboxylic acids is 2. The number of hydrogen-bond acceptors (Lipinski definition) is 4. The number of esters is 2. The van der Waals surface area contributed by atoms with Gasteiger partial charge < -0.3 is 9.47 Å². The Morgan fingerprint density at radius 2 is 1.63 bits per heavy atom. The van der Waals surface area contributed by atoms with Gasteiger partial charge in [0.25, 0.3) is 0 Å². The number of rotatable bonds is 8. The molecule has 0 aromatic rings. The lowest BCUT2D eigenvalue weighted by Gasteiger charge is -2.07. The third-order valence-electron chi connectivity index (χ3n) is 3.28. The van der Waals surface area contributed by atoms with Crippen molar-refractivity contribution in [3.63, 3.8) is 0 Å². The monoisotopic (exact) mass is 268 g/mol. The Balaban J connectivity index is 2.37. The molecule has 4 heteroatoms. The molecule has 0 radical (unpaired) electrons. The number of allylic oxidation sites excluding steroid dienone is 1. The van der Waals surface area contributed by atoms with Crippen molar-refractivity contribution in [2.45, 2.75) is 58.8 Å². The van der Waals surface area contributed by atoms with E-state index < -0.39 is 0 Å². The molecule has 0 unspecified atom stereocenters. The fourth-order valence-corrected chi connectivity index (χ4v) is 2.45. The Morgan fingerprint density at radius 1 is 1.00 bits per heavy atom. The number of carbonyl (C=O) groups is 2. The van der Waals surface area contributed by atoms with Crippen LogP contribution in [0, 0.1) is 0 Å². The highest BCUT2D eigenvalue weighted by Gasteiger charge is 2.17. The summed E-state index contributed by atoms with van der Waals surface area (Å²) in [7, 11) is 0. The minimum absolute atomic E-state index is 0.131. The van der Waals surface area contributed by atoms with Gasteiger partial charge in [-0.05, 0) is 46.0 Å². The third kappa shape index (κ3) is 5.90. The van der Waals surface area contributed by atoms with E-state index in [0.29, 0.717) is 26.1 Å². The lowest BCUT2D eigenvalue weighted by Crippen LogP contribution is -2.06. The van der Waals surface area contributed by atoms with Gasteiger partial charge >= 0.3 is 11.9 Å². The largest absolute Gasteiger partial charge is 0.466 e. The minimum atomic E-state index is -0.137.